The zero-order chi connectivity index (χ0) is 16.9. The summed E-state index contributed by atoms with van der Waals surface area (Å²) >= 11 is 0. The van der Waals surface area contributed by atoms with Gasteiger partial charge < -0.3 is 14.4 Å². The monoisotopic (exact) mass is 331 g/mol. The Morgan fingerprint density at radius 2 is 2.00 bits per heavy atom. The average molecular weight is 331 g/mol. The lowest BCUT2D eigenvalue weighted by molar-refractivity contribution is -0.137. The van der Waals surface area contributed by atoms with E-state index in [1.165, 1.54) is 12.1 Å². The van der Waals surface area contributed by atoms with Crippen LogP contribution in [0.15, 0.2) is 24.3 Å². The van der Waals surface area contributed by atoms with E-state index < -0.39 is 11.7 Å². The largest absolute Gasteiger partial charge is 0.493 e. The third kappa shape index (κ3) is 5.04. The second-order valence-electron chi connectivity index (χ2n) is 5.49. The number of alkyl halides is 3. The molecule has 128 valence electrons. The molecule has 1 unspecified atom stereocenters. The van der Waals surface area contributed by atoms with Crippen LogP contribution in [-0.4, -0.2) is 37.3 Å². The van der Waals surface area contributed by atoms with Crippen molar-refractivity contribution in [1.29, 1.82) is 0 Å². The Balaban J connectivity index is 1.84. The summed E-state index contributed by atoms with van der Waals surface area (Å²) in [6, 6.07) is 4.63. The normalized spacial score (nSPS) is 18.6. The van der Waals surface area contributed by atoms with Crippen LogP contribution in [-0.2, 0) is 10.9 Å². The van der Waals surface area contributed by atoms with Crippen molar-refractivity contribution in [3.63, 3.8) is 0 Å². The molecule has 0 spiro atoms. The topological polar surface area (TPSA) is 38.8 Å². The SMILES string of the molecule is CCOC(=O)N1CCCC(COc2ccc(C(F)(F)F)cc2)C1. The molecule has 1 aliphatic heterocycles. The fraction of sp³-hybridized carbons (Fsp3) is 0.562. The zero-order valence-corrected chi connectivity index (χ0v) is 12.9. The van der Waals surface area contributed by atoms with Gasteiger partial charge in [0.15, 0.2) is 0 Å². The number of likely N-dealkylation sites (tertiary alicyclic amines) is 1. The average Bonchev–Trinajstić information content (AvgIpc) is 2.53. The molecule has 1 aromatic rings. The number of piperidine rings is 1. The van der Waals surface area contributed by atoms with Crippen molar-refractivity contribution in [3.8, 4) is 5.75 Å². The summed E-state index contributed by atoms with van der Waals surface area (Å²) in [4.78, 5) is 13.4. The van der Waals surface area contributed by atoms with Crippen LogP contribution in [0.5, 0.6) is 5.75 Å². The van der Waals surface area contributed by atoms with Crippen molar-refractivity contribution < 1.29 is 27.4 Å². The van der Waals surface area contributed by atoms with Crippen LogP contribution in [0.3, 0.4) is 0 Å². The highest BCUT2D eigenvalue weighted by Gasteiger charge is 2.30. The number of halogens is 3. The molecule has 23 heavy (non-hydrogen) atoms. The van der Waals surface area contributed by atoms with Gasteiger partial charge in [-0.3, -0.25) is 0 Å². The van der Waals surface area contributed by atoms with Gasteiger partial charge in [-0.2, -0.15) is 13.2 Å². The molecule has 1 heterocycles. The second kappa shape index (κ2) is 7.57. The van der Waals surface area contributed by atoms with E-state index in [0.29, 0.717) is 32.1 Å². The number of ether oxygens (including phenoxy) is 2. The first-order valence-corrected chi connectivity index (χ1v) is 7.62. The molecular weight excluding hydrogens is 311 g/mol. The number of hydrogen-bond donors (Lipinski definition) is 0. The van der Waals surface area contributed by atoms with Gasteiger partial charge in [-0.1, -0.05) is 0 Å². The summed E-state index contributed by atoms with van der Waals surface area (Å²) in [5.41, 5.74) is -0.698. The first kappa shape index (κ1) is 17.4. The molecule has 0 saturated carbocycles. The summed E-state index contributed by atoms with van der Waals surface area (Å²) < 4.78 is 48.0. The van der Waals surface area contributed by atoms with Crippen LogP contribution < -0.4 is 4.74 Å². The molecule has 7 heteroatoms. The van der Waals surface area contributed by atoms with Crippen molar-refractivity contribution in [1.82, 2.24) is 4.90 Å². The fourth-order valence-corrected chi connectivity index (χ4v) is 2.54. The molecule has 1 amide bonds. The zero-order valence-electron chi connectivity index (χ0n) is 12.9. The van der Waals surface area contributed by atoms with Crippen LogP contribution in [0.1, 0.15) is 25.3 Å². The van der Waals surface area contributed by atoms with Gasteiger partial charge in [-0.25, -0.2) is 4.79 Å². The predicted octanol–water partition coefficient (Wildman–Crippen LogP) is 3.95. The maximum absolute atomic E-state index is 12.5. The molecule has 4 nitrogen and oxygen atoms in total. The van der Waals surface area contributed by atoms with E-state index in [4.69, 9.17) is 9.47 Å². The van der Waals surface area contributed by atoms with Gasteiger partial charge in [0.2, 0.25) is 0 Å². The van der Waals surface area contributed by atoms with Crippen LogP contribution in [0.4, 0.5) is 18.0 Å². The first-order valence-electron chi connectivity index (χ1n) is 7.62. The second-order valence-corrected chi connectivity index (χ2v) is 5.49. The molecule has 0 bridgehead atoms. The molecule has 1 fully saturated rings. The molecule has 1 aliphatic rings. The van der Waals surface area contributed by atoms with Gasteiger partial charge in [0.1, 0.15) is 5.75 Å². The third-order valence-electron chi connectivity index (χ3n) is 3.71. The van der Waals surface area contributed by atoms with Gasteiger partial charge >= 0.3 is 12.3 Å². The van der Waals surface area contributed by atoms with E-state index in [1.807, 2.05) is 0 Å². The highest BCUT2D eigenvalue weighted by atomic mass is 19.4. The number of carbonyl (C=O) groups excluding carboxylic acids is 1. The number of carbonyl (C=O) groups is 1. The van der Waals surface area contributed by atoms with Crippen molar-refractivity contribution >= 4 is 6.09 Å². The van der Waals surface area contributed by atoms with Gasteiger partial charge in [0, 0.05) is 19.0 Å². The van der Waals surface area contributed by atoms with Crippen molar-refractivity contribution in [2.45, 2.75) is 25.9 Å². The lowest BCUT2D eigenvalue weighted by atomic mass is 9.99. The van der Waals surface area contributed by atoms with E-state index in [1.54, 1.807) is 11.8 Å². The van der Waals surface area contributed by atoms with Gasteiger partial charge in [-0.15, -0.1) is 0 Å². The lowest BCUT2D eigenvalue weighted by Gasteiger charge is -2.31. The minimum Gasteiger partial charge on any atom is -0.493 e. The first-order chi connectivity index (χ1) is 10.9. The van der Waals surface area contributed by atoms with Crippen LogP contribution >= 0.6 is 0 Å². The quantitative estimate of drug-likeness (QED) is 0.838. The molecule has 0 N–H and O–H groups in total. The summed E-state index contributed by atoms with van der Waals surface area (Å²) in [6.45, 7) is 3.66. The maximum Gasteiger partial charge on any atom is 0.416 e. The van der Waals surface area contributed by atoms with E-state index in [9.17, 15) is 18.0 Å². The van der Waals surface area contributed by atoms with Crippen LogP contribution in [0, 0.1) is 5.92 Å². The highest BCUT2D eigenvalue weighted by molar-refractivity contribution is 5.67. The van der Waals surface area contributed by atoms with Crippen molar-refractivity contribution in [2.24, 2.45) is 5.92 Å². The molecule has 0 radical (unpaired) electrons. The minimum atomic E-state index is -4.35. The van der Waals surface area contributed by atoms with Crippen molar-refractivity contribution in [2.75, 3.05) is 26.3 Å². The Labute approximate surface area is 133 Å². The molecule has 1 saturated heterocycles. The van der Waals surface area contributed by atoms with E-state index >= 15 is 0 Å². The highest BCUT2D eigenvalue weighted by Crippen LogP contribution is 2.30. The van der Waals surface area contributed by atoms with Gasteiger partial charge in [0.25, 0.3) is 0 Å². The maximum atomic E-state index is 12.5. The number of amides is 1. The lowest BCUT2D eigenvalue weighted by Crippen LogP contribution is -2.41. The number of benzene rings is 1. The van der Waals surface area contributed by atoms with Crippen LogP contribution in [0.25, 0.3) is 0 Å². The Morgan fingerprint density at radius 1 is 1.30 bits per heavy atom. The van der Waals surface area contributed by atoms with Crippen molar-refractivity contribution in [3.05, 3.63) is 29.8 Å². The fourth-order valence-electron chi connectivity index (χ4n) is 2.54. The summed E-state index contributed by atoms with van der Waals surface area (Å²) in [7, 11) is 0. The van der Waals surface area contributed by atoms with Gasteiger partial charge in [-0.05, 0) is 44.0 Å². The third-order valence-corrected chi connectivity index (χ3v) is 3.71. The molecule has 0 aliphatic carbocycles. The number of nitrogens with zero attached hydrogens (tertiary/aromatic N) is 1. The molecule has 2 rings (SSSR count). The summed E-state index contributed by atoms with van der Waals surface area (Å²) in [6.07, 6.45) is -2.90. The standard InChI is InChI=1S/C16H20F3NO3/c1-2-22-15(21)20-9-3-4-12(10-20)11-23-14-7-5-13(6-8-14)16(17,18)19/h5-8,12H,2-4,9-11H2,1H3. The van der Waals surface area contributed by atoms with Gasteiger partial charge in [0.05, 0.1) is 18.8 Å². The minimum absolute atomic E-state index is 0.149. The number of rotatable bonds is 4. The van der Waals surface area contributed by atoms with E-state index in [2.05, 4.69) is 0 Å². The molecule has 0 aromatic heterocycles. The van der Waals surface area contributed by atoms with E-state index in [-0.39, 0.29) is 12.0 Å². The van der Waals surface area contributed by atoms with Crippen LogP contribution in [0.2, 0.25) is 0 Å². The molecule has 1 aromatic carbocycles. The summed E-state index contributed by atoms with van der Waals surface area (Å²) in [5, 5.41) is 0. The Hall–Kier alpha value is -1.92. The number of hydrogen-bond acceptors (Lipinski definition) is 3. The smallest absolute Gasteiger partial charge is 0.416 e. The molecule has 1 atom stereocenters. The summed E-state index contributed by atoms with van der Waals surface area (Å²) in [5.74, 6) is 0.543. The predicted molar refractivity (Wildman–Crippen MR) is 78.3 cm³/mol. The Morgan fingerprint density at radius 3 is 2.61 bits per heavy atom. The molecular formula is C16H20F3NO3. The Kier molecular flexibility index (Phi) is 5.74. The van der Waals surface area contributed by atoms with E-state index in [0.717, 1.165) is 25.0 Å². The Bertz CT molecular complexity index is 516.